The minimum Gasteiger partial charge on any atom is -0.384 e. The summed E-state index contributed by atoms with van der Waals surface area (Å²) < 4.78 is 26.6. The largest absolute Gasteiger partial charge is 0.384 e. The number of hydrogen-bond acceptors (Lipinski definition) is 4. The molecule has 0 bridgehead atoms. The van der Waals surface area contributed by atoms with Crippen LogP contribution in [0.2, 0.25) is 0 Å². The minimum atomic E-state index is -3.50. The average Bonchev–Trinajstić information content (AvgIpc) is 2.25. The summed E-state index contributed by atoms with van der Waals surface area (Å²) in [6, 6.07) is 2.92. The maximum atomic E-state index is 12.0. The Hall–Kier alpha value is -1.14. The number of nitrogens with zero attached hydrogens (tertiary/aromatic N) is 1. The molecular weight excluding hydrogens is 250 g/mol. The van der Waals surface area contributed by atoms with E-state index in [1.807, 2.05) is 6.92 Å². The molecule has 1 aromatic rings. The molecular formula is C12H21N3O2S. The lowest BCUT2D eigenvalue weighted by Gasteiger charge is -2.27. The molecule has 0 fully saturated rings. The van der Waals surface area contributed by atoms with Crippen molar-refractivity contribution in [2.24, 2.45) is 11.3 Å². The molecule has 18 heavy (non-hydrogen) atoms. The molecule has 0 radical (unpaired) electrons. The van der Waals surface area contributed by atoms with Gasteiger partial charge in [-0.15, -0.1) is 0 Å². The van der Waals surface area contributed by atoms with E-state index in [9.17, 15) is 8.42 Å². The molecule has 1 aromatic heterocycles. The fourth-order valence-electron chi connectivity index (χ4n) is 1.17. The molecule has 1 rings (SSSR count). The predicted octanol–water partition coefficient (Wildman–Crippen LogP) is 1.62. The molecule has 0 aliphatic carbocycles. The molecule has 1 unspecified atom stereocenters. The molecule has 6 heteroatoms. The van der Waals surface area contributed by atoms with Crippen molar-refractivity contribution in [1.29, 1.82) is 0 Å². The van der Waals surface area contributed by atoms with Gasteiger partial charge in [-0.05, 0) is 23.5 Å². The van der Waals surface area contributed by atoms with Gasteiger partial charge in [0.1, 0.15) is 10.7 Å². The molecule has 0 saturated heterocycles. The van der Waals surface area contributed by atoms with E-state index in [1.165, 1.54) is 18.3 Å². The quantitative estimate of drug-likeness (QED) is 0.871. The molecule has 102 valence electrons. The van der Waals surface area contributed by atoms with Crippen LogP contribution in [-0.4, -0.2) is 19.9 Å². The molecule has 1 atom stereocenters. The van der Waals surface area contributed by atoms with Crippen LogP contribution in [0.4, 0.5) is 5.82 Å². The molecule has 5 nitrogen and oxygen atoms in total. The molecule has 0 aliphatic rings. The van der Waals surface area contributed by atoms with Gasteiger partial charge < -0.3 is 5.73 Å². The van der Waals surface area contributed by atoms with Crippen molar-refractivity contribution in [2.45, 2.75) is 32.6 Å². The number of pyridine rings is 1. The summed E-state index contributed by atoms with van der Waals surface area (Å²) in [5.41, 5.74) is 5.48. The van der Waals surface area contributed by atoms with E-state index >= 15 is 0 Å². The van der Waals surface area contributed by atoms with E-state index in [-0.39, 0.29) is 16.2 Å². The fraction of sp³-hybridized carbons (Fsp3) is 0.583. The van der Waals surface area contributed by atoms with Gasteiger partial charge in [0, 0.05) is 12.7 Å². The van der Waals surface area contributed by atoms with Crippen LogP contribution in [0.5, 0.6) is 0 Å². The van der Waals surface area contributed by atoms with Gasteiger partial charge >= 0.3 is 0 Å². The Morgan fingerprint density at radius 1 is 1.39 bits per heavy atom. The van der Waals surface area contributed by atoms with E-state index in [2.05, 4.69) is 30.5 Å². The fourth-order valence-corrected chi connectivity index (χ4v) is 2.25. The van der Waals surface area contributed by atoms with Crippen molar-refractivity contribution >= 4 is 15.8 Å². The number of nitrogen functional groups attached to an aromatic ring is 1. The maximum Gasteiger partial charge on any atom is 0.242 e. The number of anilines is 1. The first-order chi connectivity index (χ1) is 8.13. The standard InChI is InChI=1S/C12H21N3O2S/c1-9(12(2,3)4)7-15-18(16,17)10-5-6-11(13)14-8-10/h5-6,8-9,15H,7H2,1-4H3,(H2,13,14). The third-order valence-electron chi connectivity index (χ3n) is 3.13. The highest BCUT2D eigenvalue weighted by Crippen LogP contribution is 2.24. The Labute approximate surface area is 109 Å². The zero-order valence-corrected chi connectivity index (χ0v) is 12.1. The van der Waals surface area contributed by atoms with Gasteiger partial charge in [-0.25, -0.2) is 18.1 Å². The molecule has 0 aromatic carbocycles. The third-order valence-corrected chi connectivity index (χ3v) is 4.54. The van der Waals surface area contributed by atoms with Crippen LogP contribution >= 0.6 is 0 Å². The molecule has 0 amide bonds. The van der Waals surface area contributed by atoms with Gasteiger partial charge in [-0.1, -0.05) is 27.7 Å². The van der Waals surface area contributed by atoms with Gasteiger partial charge in [0.25, 0.3) is 0 Å². The van der Waals surface area contributed by atoms with Crippen molar-refractivity contribution in [1.82, 2.24) is 9.71 Å². The second kappa shape index (κ2) is 5.24. The van der Waals surface area contributed by atoms with E-state index in [0.717, 1.165) is 0 Å². The normalized spacial score (nSPS) is 14.4. The second-order valence-electron chi connectivity index (χ2n) is 5.54. The number of hydrogen-bond donors (Lipinski definition) is 2. The van der Waals surface area contributed by atoms with Gasteiger partial charge in [0.2, 0.25) is 10.0 Å². The van der Waals surface area contributed by atoms with Crippen LogP contribution in [0.1, 0.15) is 27.7 Å². The van der Waals surface area contributed by atoms with E-state index in [1.54, 1.807) is 0 Å². The van der Waals surface area contributed by atoms with Crippen LogP contribution in [0, 0.1) is 11.3 Å². The molecule has 0 spiro atoms. The first-order valence-corrected chi connectivity index (χ1v) is 7.32. The highest BCUT2D eigenvalue weighted by molar-refractivity contribution is 7.89. The van der Waals surface area contributed by atoms with Crippen LogP contribution in [0.3, 0.4) is 0 Å². The Balaban J connectivity index is 2.75. The monoisotopic (exact) mass is 271 g/mol. The Kier molecular flexibility index (Phi) is 4.34. The molecule has 3 N–H and O–H groups in total. The van der Waals surface area contributed by atoms with E-state index < -0.39 is 10.0 Å². The summed E-state index contributed by atoms with van der Waals surface area (Å²) in [7, 11) is -3.50. The topological polar surface area (TPSA) is 85.1 Å². The lowest BCUT2D eigenvalue weighted by molar-refractivity contribution is 0.263. The molecule has 0 aliphatic heterocycles. The highest BCUT2D eigenvalue weighted by atomic mass is 32.2. The minimum absolute atomic E-state index is 0.0574. The summed E-state index contributed by atoms with van der Waals surface area (Å²) in [6.45, 7) is 8.66. The number of aromatic nitrogens is 1. The summed E-state index contributed by atoms with van der Waals surface area (Å²) in [5.74, 6) is 0.533. The van der Waals surface area contributed by atoms with Crippen LogP contribution in [-0.2, 0) is 10.0 Å². The van der Waals surface area contributed by atoms with E-state index in [4.69, 9.17) is 5.73 Å². The lowest BCUT2D eigenvalue weighted by Crippen LogP contribution is -2.33. The molecule has 1 heterocycles. The SMILES string of the molecule is CC(CNS(=O)(=O)c1ccc(N)nc1)C(C)(C)C. The first kappa shape index (κ1) is 14.9. The van der Waals surface area contributed by atoms with Crippen molar-refractivity contribution in [3.05, 3.63) is 18.3 Å². The predicted molar refractivity (Wildman–Crippen MR) is 72.5 cm³/mol. The van der Waals surface area contributed by atoms with Gasteiger partial charge in [-0.3, -0.25) is 0 Å². The summed E-state index contributed by atoms with van der Waals surface area (Å²) in [5, 5.41) is 0. The van der Waals surface area contributed by atoms with Crippen molar-refractivity contribution in [2.75, 3.05) is 12.3 Å². The Morgan fingerprint density at radius 2 is 2.00 bits per heavy atom. The highest BCUT2D eigenvalue weighted by Gasteiger charge is 2.22. The zero-order valence-electron chi connectivity index (χ0n) is 11.3. The average molecular weight is 271 g/mol. The summed E-state index contributed by atoms with van der Waals surface area (Å²) in [6.07, 6.45) is 1.26. The van der Waals surface area contributed by atoms with Crippen LogP contribution in [0.25, 0.3) is 0 Å². The molecule has 0 saturated carbocycles. The first-order valence-electron chi connectivity index (χ1n) is 5.84. The maximum absolute atomic E-state index is 12.0. The van der Waals surface area contributed by atoms with Crippen LogP contribution in [0.15, 0.2) is 23.2 Å². The van der Waals surface area contributed by atoms with Gasteiger partial charge in [-0.2, -0.15) is 0 Å². The van der Waals surface area contributed by atoms with Crippen LogP contribution < -0.4 is 10.5 Å². The van der Waals surface area contributed by atoms with Gasteiger partial charge in [0.15, 0.2) is 0 Å². The summed E-state index contributed by atoms with van der Waals surface area (Å²) >= 11 is 0. The van der Waals surface area contributed by atoms with Crippen molar-refractivity contribution < 1.29 is 8.42 Å². The number of sulfonamides is 1. The lowest BCUT2D eigenvalue weighted by atomic mass is 9.82. The van der Waals surface area contributed by atoms with Gasteiger partial charge in [0.05, 0.1) is 0 Å². The third kappa shape index (κ3) is 3.96. The Bertz CT molecular complexity index is 489. The smallest absolute Gasteiger partial charge is 0.242 e. The number of nitrogens with two attached hydrogens (primary N) is 1. The van der Waals surface area contributed by atoms with Crippen molar-refractivity contribution in [3.63, 3.8) is 0 Å². The number of rotatable bonds is 4. The van der Waals surface area contributed by atoms with Crippen molar-refractivity contribution in [3.8, 4) is 0 Å². The zero-order chi connectivity index (χ0) is 14.0. The summed E-state index contributed by atoms with van der Waals surface area (Å²) in [4.78, 5) is 3.92. The Morgan fingerprint density at radius 3 is 2.44 bits per heavy atom. The number of nitrogens with one attached hydrogen (secondary N) is 1. The van der Waals surface area contributed by atoms with E-state index in [0.29, 0.717) is 12.4 Å². The second-order valence-corrected chi connectivity index (χ2v) is 7.30.